The molecule has 0 aliphatic carbocycles. The predicted octanol–water partition coefficient (Wildman–Crippen LogP) is 4.04. The Morgan fingerprint density at radius 2 is 2.00 bits per heavy atom. The Balaban J connectivity index is 1.77. The number of furan rings is 1. The fourth-order valence-electron chi connectivity index (χ4n) is 4.14. The molecule has 4 heteroatoms. The second kappa shape index (κ2) is 4.41. The number of anilines is 1. The lowest BCUT2D eigenvalue weighted by Gasteiger charge is -2.48. The minimum atomic E-state index is -0.650. The van der Waals surface area contributed by atoms with Gasteiger partial charge in [0, 0.05) is 17.5 Å². The van der Waals surface area contributed by atoms with Gasteiger partial charge < -0.3 is 14.6 Å². The number of carbonyl (C=O) groups is 1. The number of hydrogen-bond acceptors (Lipinski definition) is 3. The third kappa shape index (κ3) is 1.55. The highest BCUT2D eigenvalue weighted by atomic mass is 16.3. The number of hydrogen-bond donors (Lipinski definition) is 1. The normalized spacial score (nSPS) is 21.9. The van der Waals surface area contributed by atoms with Crippen molar-refractivity contribution in [1.29, 1.82) is 0 Å². The van der Waals surface area contributed by atoms with Crippen LogP contribution < -0.4 is 5.32 Å². The molecule has 1 N–H and O–H groups in total. The maximum Gasteiger partial charge on any atom is 0.258 e. The van der Waals surface area contributed by atoms with Gasteiger partial charge in [-0.05, 0) is 38.0 Å². The van der Waals surface area contributed by atoms with Crippen molar-refractivity contribution in [2.24, 2.45) is 0 Å². The lowest BCUT2D eigenvalue weighted by molar-refractivity contribution is 0.0453. The van der Waals surface area contributed by atoms with Crippen molar-refractivity contribution in [3.8, 4) is 0 Å². The average Bonchev–Trinajstić information content (AvgIpc) is 2.96. The first-order valence-corrected chi connectivity index (χ1v) is 8.30. The van der Waals surface area contributed by atoms with Crippen LogP contribution in [0.15, 0.2) is 46.9 Å². The quantitative estimate of drug-likeness (QED) is 0.680. The summed E-state index contributed by atoms with van der Waals surface area (Å²) in [5.74, 6) is 0.929. The van der Waals surface area contributed by atoms with Gasteiger partial charge >= 0.3 is 0 Å². The zero-order chi connectivity index (χ0) is 16.5. The van der Waals surface area contributed by atoms with Crippen molar-refractivity contribution in [1.82, 2.24) is 4.90 Å². The summed E-state index contributed by atoms with van der Waals surface area (Å²) in [5, 5.41) is 4.75. The second-order valence-electron chi connectivity index (χ2n) is 6.81. The Morgan fingerprint density at radius 3 is 2.88 bits per heavy atom. The van der Waals surface area contributed by atoms with E-state index in [2.05, 4.69) is 11.4 Å². The van der Waals surface area contributed by atoms with Crippen molar-refractivity contribution in [2.75, 3.05) is 11.9 Å². The monoisotopic (exact) mass is 318 g/mol. The van der Waals surface area contributed by atoms with Crippen LogP contribution in [0.1, 0.15) is 34.2 Å². The highest BCUT2D eigenvalue weighted by molar-refractivity contribution is 6.03. The summed E-state index contributed by atoms with van der Waals surface area (Å²) in [4.78, 5) is 15.0. The van der Waals surface area contributed by atoms with E-state index in [0.29, 0.717) is 6.54 Å². The lowest BCUT2D eigenvalue weighted by Crippen LogP contribution is -2.58. The number of carbonyl (C=O) groups excluding carboxylic acids is 1. The van der Waals surface area contributed by atoms with Crippen LogP contribution in [0, 0.1) is 6.92 Å². The molecule has 0 radical (unpaired) electrons. The Labute approximate surface area is 140 Å². The Kier molecular flexibility index (Phi) is 2.51. The molecule has 0 saturated carbocycles. The third-order valence-corrected chi connectivity index (χ3v) is 5.38. The summed E-state index contributed by atoms with van der Waals surface area (Å²) >= 11 is 0. The van der Waals surface area contributed by atoms with Crippen LogP contribution in [0.5, 0.6) is 0 Å². The van der Waals surface area contributed by atoms with Crippen LogP contribution in [0.3, 0.4) is 0 Å². The van der Waals surface area contributed by atoms with Crippen LogP contribution in [0.4, 0.5) is 5.69 Å². The molecule has 2 aromatic carbocycles. The van der Waals surface area contributed by atoms with E-state index in [1.807, 2.05) is 55.1 Å². The summed E-state index contributed by atoms with van der Waals surface area (Å²) in [6.07, 6.45) is 0.816. The van der Waals surface area contributed by atoms with Crippen LogP contribution in [-0.2, 0) is 12.1 Å². The van der Waals surface area contributed by atoms with Crippen LogP contribution in [0.25, 0.3) is 11.0 Å². The van der Waals surface area contributed by atoms with Crippen molar-refractivity contribution >= 4 is 22.6 Å². The standard InChI is InChI=1S/C20H18N2O2/c1-12-6-5-8-15-17(12)21-20(2)18-14(10-11-22(20)19(15)23)13-7-3-4-9-16(13)24-18/h3-9,21H,10-11H2,1-2H3. The second-order valence-corrected chi connectivity index (χ2v) is 6.81. The smallest absolute Gasteiger partial charge is 0.258 e. The van der Waals surface area contributed by atoms with Gasteiger partial charge in [0.25, 0.3) is 5.91 Å². The van der Waals surface area contributed by atoms with Gasteiger partial charge in [-0.25, -0.2) is 0 Å². The Morgan fingerprint density at radius 1 is 1.17 bits per heavy atom. The first kappa shape index (κ1) is 13.7. The molecule has 1 amide bonds. The maximum absolute atomic E-state index is 13.1. The molecule has 3 heterocycles. The average molecular weight is 318 g/mol. The highest BCUT2D eigenvalue weighted by Gasteiger charge is 2.49. The molecule has 2 aliphatic rings. The topological polar surface area (TPSA) is 45.5 Å². The molecular formula is C20H18N2O2. The molecule has 3 aromatic rings. The van der Waals surface area contributed by atoms with Crippen molar-refractivity contribution in [3.05, 3.63) is 64.9 Å². The number of nitrogens with one attached hydrogen (secondary N) is 1. The number of rotatable bonds is 0. The molecule has 0 fully saturated rings. The number of fused-ring (bicyclic) bond motifs is 6. The molecule has 24 heavy (non-hydrogen) atoms. The SMILES string of the molecule is Cc1cccc2c1NC1(C)c3oc4ccccc4c3CCN1C2=O. The minimum absolute atomic E-state index is 0.0704. The van der Waals surface area contributed by atoms with Gasteiger partial charge in [0.2, 0.25) is 0 Å². The summed E-state index contributed by atoms with van der Waals surface area (Å²) < 4.78 is 6.21. The van der Waals surface area contributed by atoms with E-state index in [9.17, 15) is 4.79 Å². The fourth-order valence-corrected chi connectivity index (χ4v) is 4.14. The first-order chi connectivity index (χ1) is 11.6. The van der Waals surface area contributed by atoms with Crippen molar-refractivity contribution < 1.29 is 9.21 Å². The van der Waals surface area contributed by atoms with Crippen LogP contribution in [0.2, 0.25) is 0 Å². The summed E-state index contributed by atoms with van der Waals surface area (Å²) in [6, 6.07) is 14.0. The number of amides is 1. The predicted molar refractivity (Wildman–Crippen MR) is 93.1 cm³/mol. The van der Waals surface area contributed by atoms with Gasteiger partial charge in [-0.1, -0.05) is 30.3 Å². The highest BCUT2D eigenvalue weighted by Crippen LogP contribution is 2.45. The van der Waals surface area contributed by atoms with E-state index >= 15 is 0 Å². The van der Waals surface area contributed by atoms with Gasteiger partial charge in [-0.15, -0.1) is 0 Å². The van der Waals surface area contributed by atoms with E-state index in [0.717, 1.165) is 40.0 Å². The number of para-hydroxylation sites is 2. The largest absolute Gasteiger partial charge is 0.456 e. The summed E-state index contributed by atoms with van der Waals surface area (Å²) in [7, 11) is 0. The molecule has 2 aliphatic heterocycles. The zero-order valence-corrected chi connectivity index (χ0v) is 13.7. The van der Waals surface area contributed by atoms with Crippen LogP contribution >= 0.6 is 0 Å². The fraction of sp³-hybridized carbons (Fsp3) is 0.250. The Bertz CT molecular complexity index is 1000. The molecule has 0 saturated heterocycles. The number of benzene rings is 2. The molecule has 1 unspecified atom stereocenters. The molecule has 1 atom stereocenters. The number of nitrogens with zero attached hydrogens (tertiary/aromatic N) is 1. The molecule has 5 rings (SSSR count). The van der Waals surface area contributed by atoms with Gasteiger partial charge in [0.15, 0.2) is 11.4 Å². The minimum Gasteiger partial charge on any atom is -0.456 e. The molecule has 4 nitrogen and oxygen atoms in total. The van der Waals surface area contributed by atoms with E-state index < -0.39 is 5.66 Å². The van der Waals surface area contributed by atoms with E-state index in [-0.39, 0.29) is 5.91 Å². The van der Waals surface area contributed by atoms with Gasteiger partial charge in [-0.2, -0.15) is 0 Å². The summed E-state index contributed by atoms with van der Waals surface area (Å²) in [6.45, 7) is 4.76. The van der Waals surface area contributed by atoms with Gasteiger partial charge in [0.1, 0.15) is 5.58 Å². The van der Waals surface area contributed by atoms with Crippen molar-refractivity contribution in [3.63, 3.8) is 0 Å². The lowest BCUT2D eigenvalue weighted by atomic mass is 9.89. The molecule has 120 valence electrons. The van der Waals surface area contributed by atoms with E-state index in [1.54, 1.807) is 0 Å². The molecular weight excluding hydrogens is 300 g/mol. The van der Waals surface area contributed by atoms with E-state index in [1.165, 1.54) is 5.56 Å². The molecule has 0 bridgehead atoms. The Hall–Kier alpha value is -2.75. The third-order valence-electron chi connectivity index (χ3n) is 5.38. The first-order valence-electron chi connectivity index (χ1n) is 8.30. The zero-order valence-electron chi connectivity index (χ0n) is 13.7. The maximum atomic E-state index is 13.1. The van der Waals surface area contributed by atoms with E-state index in [4.69, 9.17) is 4.42 Å². The number of aryl methyl sites for hydroxylation is 1. The van der Waals surface area contributed by atoms with Crippen molar-refractivity contribution in [2.45, 2.75) is 25.9 Å². The molecule has 0 spiro atoms. The van der Waals surface area contributed by atoms with Gasteiger partial charge in [0.05, 0.1) is 11.3 Å². The van der Waals surface area contributed by atoms with Crippen LogP contribution in [-0.4, -0.2) is 17.4 Å². The molecule has 1 aromatic heterocycles. The summed E-state index contributed by atoms with van der Waals surface area (Å²) in [5.41, 5.74) is 4.17. The van der Waals surface area contributed by atoms with Gasteiger partial charge in [-0.3, -0.25) is 4.79 Å².